The molecule has 6 nitrogen and oxygen atoms in total. The van der Waals surface area contributed by atoms with Gasteiger partial charge in [-0.25, -0.2) is 4.98 Å². The fourth-order valence-electron chi connectivity index (χ4n) is 3.26. The molecule has 0 bridgehead atoms. The lowest BCUT2D eigenvalue weighted by Crippen LogP contribution is -2.37. The van der Waals surface area contributed by atoms with Crippen molar-refractivity contribution < 1.29 is 9.59 Å². The lowest BCUT2D eigenvalue weighted by Gasteiger charge is -2.27. The molecule has 1 aliphatic rings. The van der Waals surface area contributed by atoms with Gasteiger partial charge >= 0.3 is 0 Å². The fourth-order valence-corrected chi connectivity index (χ4v) is 4.30. The zero-order chi connectivity index (χ0) is 21.3. The topological polar surface area (TPSA) is 86.1 Å². The maximum absolute atomic E-state index is 13.1. The zero-order valence-corrected chi connectivity index (χ0v) is 17.2. The van der Waals surface area contributed by atoms with Crippen molar-refractivity contribution in [3.63, 3.8) is 0 Å². The SMILES string of the molecule is CC(C)N1C(=O)c2cccnc2Sc2cc(C(=O)Nc3ccc(C#N)cc3)ccc21. The molecular weight excluding hydrogens is 396 g/mol. The first kappa shape index (κ1) is 19.7. The van der Waals surface area contributed by atoms with Gasteiger partial charge in [0.25, 0.3) is 11.8 Å². The Bertz CT molecular complexity index is 1180. The minimum absolute atomic E-state index is 0.0543. The number of pyridine rings is 1. The monoisotopic (exact) mass is 414 g/mol. The molecule has 0 aliphatic carbocycles. The summed E-state index contributed by atoms with van der Waals surface area (Å²) in [6.07, 6.45) is 1.66. The molecule has 0 atom stereocenters. The number of carbonyl (C=O) groups excluding carboxylic acids is 2. The van der Waals surface area contributed by atoms with Crippen LogP contribution < -0.4 is 10.2 Å². The number of hydrogen-bond acceptors (Lipinski definition) is 5. The normalized spacial score (nSPS) is 12.6. The average Bonchev–Trinajstić information content (AvgIpc) is 2.87. The number of nitriles is 1. The van der Waals surface area contributed by atoms with Crippen LogP contribution in [0, 0.1) is 11.3 Å². The van der Waals surface area contributed by atoms with Gasteiger partial charge in [-0.05, 0) is 68.4 Å². The molecular formula is C23H18N4O2S. The highest BCUT2D eigenvalue weighted by Crippen LogP contribution is 2.41. The first-order valence-corrected chi connectivity index (χ1v) is 10.2. The van der Waals surface area contributed by atoms with Gasteiger partial charge in [0.1, 0.15) is 5.03 Å². The lowest BCUT2D eigenvalue weighted by atomic mass is 10.1. The van der Waals surface area contributed by atoms with Crippen LogP contribution in [-0.4, -0.2) is 22.8 Å². The second kappa shape index (κ2) is 8.01. The predicted molar refractivity (Wildman–Crippen MR) is 116 cm³/mol. The number of hydrogen-bond donors (Lipinski definition) is 1. The van der Waals surface area contributed by atoms with E-state index in [4.69, 9.17) is 5.26 Å². The molecule has 0 saturated heterocycles. The number of amides is 2. The summed E-state index contributed by atoms with van der Waals surface area (Å²) in [6.45, 7) is 3.92. The highest BCUT2D eigenvalue weighted by Gasteiger charge is 2.30. The van der Waals surface area contributed by atoms with Gasteiger partial charge in [0.05, 0.1) is 22.9 Å². The molecule has 30 heavy (non-hydrogen) atoms. The third kappa shape index (κ3) is 3.65. The lowest BCUT2D eigenvalue weighted by molar-refractivity contribution is 0.0976. The summed E-state index contributed by atoms with van der Waals surface area (Å²) < 4.78 is 0. The van der Waals surface area contributed by atoms with E-state index in [2.05, 4.69) is 16.4 Å². The van der Waals surface area contributed by atoms with Gasteiger partial charge in [-0.15, -0.1) is 0 Å². The van der Waals surface area contributed by atoms with Crippen molar-refractivity contribution in [2.24, 2.45) is 0 Å². The molecule has 0 radical (unpaired) electrons. The van der Waals surface area contributed by atoms with Crippen LogP contribution in [0.4, 0.5) is 11.4 Å². The Morgan fingerprint density at radius 1 is 1.17 bits per heavy atom. The quantitative estimate of drug-likeness (QED) is 0.670. The van der Waals surface area contributed by atoms with Gasteiger partial charge in [-0.1, -0.05) is 11.8 Å². The molecule has 1 N–H and O–H groups in total. The van der Waals surface area contributed by atoms with E-state index in [0.717, 1.165) is 10.6 Å². The Morgan fingerprint density at radius 2 is 1.93 bits per heavy atom. The minimum atomic E-state index is -0.268. The standard InChI is InChI=1S/C23H18N4O2S/c1-14(2)27-19-10-7-16(21(28)26-17-8-5-15(13-24)6-9-17)12-20(19)30-22-18(23(27)29)4-3-11-25-22/h3-12,14H,1-2H3,(H,26,28). The molecule has 148 valence electrons. The minimum Gasteiger partial charge on any atom is -0.322 e. The number of anilines is 2. The van der Waals surface area contributed by atoms with Crippen molar-refractivity contribution in [3.8, 4) is 6.07 Å². The first-order chi connectivity index (χ1) is 14.5. The van der Waals surface area contributed by atoms with Gasteiger partial charge < -0.3 is 10.2 Å². The summed E-state index contributed by atoms with van der Waals surface area (Å²) in [7, 11) is 0. The molecule has 0 fully saturated rings. The Labute approximate surface area is 178 Å². The zero-order valence-electron chi connectivity index (χ0n) is 16.4. The summed E-state index contributed by atoms with van der Waals surface area (Å²) in [6, 6.07) is 17.5. The Morgan fingerprint density at radius 3 is 2.63 bits per heavy atom. The summed E-state index contributed by atoms with van der Waals surface area (Å²) in [5.41, 5.74) is 2.91. The summed E-state index contributed by atoms with van der Waals surface area (Å²) in [5, 5.41) is 12.4. The van der Waals surface area contributed by atoms with Crippen LogP contribution in [0.3, 0.4) is 0 Å². The van der Waals surface area contributed by atoms with E-state index in [1.807, 2.05) is 13.8 Å². The van der Waals surface area contributed by atoms with Crippen LogP contribution >= 0.6 is 11.8 Å². The molecule has 0 unspecified atom stereocenters. The van der Waals surface area contributed by atoms with Crippen molar-refractivity contribution in [2.75, 3.05) is 10.2 Å². The maximum Gasteiger partial charge on any atom is 0.261 e. The van der Waals surface area contributed by atoms with Gasteiger partial charge in [-0.3, -0.25) is 9.59 Å². The molecule has 2 amide bonds. The molecule has 4 rings (SSSR count). The Kier molecular flexibility index (Phi) is 5.25. The highest BCUT2D eigenvalue weighted by atomic mass is 32.2. The molecule has 1 aromatic heterocycles. The van der Waals surface area contributed by atoms with Crippen molar-refractivity contribution in [2.45, 2.75) is 29.8 Å². The van der Waals surface area contributed by atoms with Gasteiger partial charge in [0.15, 0.2) is 0 Å². The number of rotatable bonds is 3. The van der Waals surface area contributed by atoms with E-state index < -0.39 is 0 Å². The van der Waals surface area contributed by atoms with Crippen LogP contribution in [0.2, 0.25) is 0 Å². The molecule has 3 aromatic rings. The number of fused-ring (bicyclic) bond motifs is 2. The van der Waals surface area contributed by atoms with Crippen LogP contribution in [0.1, 0.15) is 40.1 Å². The van der Waals surface area contributed by atoms with Gasteiger partial charge in [-0.2, -0.15) is 5.26 Å². The molecule has 0 spiro atoms. The second-order valence-corrected chi connectivity index (χ2v) is 8.08. The van der Waals surface area contributed by atoms with Crippen LogP contribution in [-0.2, 0) is 0 Å². The van der Waals surface area contributed by atoms with Crippen LogP contribution in [0.15, 0.2) is 70.7 Å². The second-order valence-electron chi connectivity index (χ2n) is 7.05. The van der Waals surface area contributed by atoms with E-state index in [1.165, 1.54) is 11.8 Å². The number of aromatic nitrogens is 1. The van der Waals surface area contributed by atoms with Crippen molar-refractivity contribution in [3.05, 3.63) is 77.5 Å². The predicted octanol–water partition coefficient (Wildman–Crippen LogP) is 4.73. The Balaban J connectivity index is 1.70. The number of carbonyl (C=O) groups is 2. The largest absolute Gasteiger partial charge is 0.322 e. The fraction of sp³-hybridized carbons (Fsp3) is 0.130. The van der Waals surface area contributed by atoms with E-state index in [-0.39, 0.29) is 17.9 Å². The van der Waals surface area contributed by atoms with E-state index in [0.29, 0.717) is 27.4 Å². The van der Waals surface area contributed by atoms with E-state index in [9.17, 15) is 9.59 Å². The molecule has 2 aromatic carbocycles. The average molecular weight is 414 g/mol. The first-order valence-electron chi connectivity index (χ1n) is 9.40. The highest BCUT2D eigenvalue weighted by molar-refractivity contribution is 7.99. The molecule has 1 aliphatic heterocycles. The van der Waals surface area contributed by atoms with Crippen molar-refractivity contribution in [1.29, 1.82) is 5.26 Å². The summed E-state index contributed by atoms with van der Waals surface area (Å²) in [4.78, 5) is 32.8. The molecule has 0 saturated carbocycles. The number of benzene rings is 2. The van der Waals surface area contributed by atoms with E-state index >= 15 is 0 Å². The van der Waals surface area contributed by atoms with E-state index in [1.54, 1.807) is 65.7 Å². The summed E-state index contributed by atoms with van der Waals surface area (Å²) in [5.74, 6) is -0.370. The van der Waals surface area contributed by atoms with Crippen LogP contribution in [0.25, 0.3) is 0 Å². The number of nitrogens with one attached hydrogen (secondary N) is 1. The third-order valence-corrected chi connectivity index (χ3v) is 5.76. The molecule has 2 heterocycles. The summed E-state index contributed by atoms with van der Waals surface area (Å²) >= 11 is 1.38. The molecule has 7 heteroatoms. The van der Waals surface area contributed by atoms with Crippen molar-refractivity contribution in [1.82, 2.24) is 4.98 Å². The van der Waals surface area contributed by atoms with Gasteiger partial charge in [0, 0.05) is 28.4 Å². The third-order valence-electron chi connectivity index (χ3n) is 4.70. The van der Waals surface area contributed by atoms with Crippen LogP contribution in [0.5, 0.6) is 0 Å². The van der Waals surface area contributed by atoms with Gasteiger partial charge in [0.2, 0.25) is 0 Å². The number of nitrogens with zero attached hydrogens (tertiary/aromatic N) is 3. The Hall–Kier alpha value is -3.63. The smallest absolute Gasteiger partial charge is 0.261 e. The van der Waals surface area contributed by atoms with Crippen molar-refractivity contribution >= 4 is 35.0 Å². The maximum atomic E-state index is 13.1.